The monoisotopic (exact) mass is 320 g/mol. The van der Waals surface area contributed by atoms with Crippen molar-refractivity contribution >= 4 is 58.0 Å². The van der Waals surface area contributed by atoms with Gasteiger partial charge in [-0.15, -0.1) is 0 Å². The molecule has 0 heterocycles. The Labute approximate surface area is 120 Å². The third kappa shape index (κ3) is 3.02. The molecule has 6 heteroatoms. The molecule has 0 fully saturated rings. The molecular formula is C10H9Cl5O. The molecule has 0 N–H and O–H groups in total. The highest BCUT2D eigenvalue weighted by Gasteiger charge is 2.20. The van der Waals surface area contributed by atoms with Gasteiger partial charge >= 0.3 is 0 Å². The smallest absolute Gasteiger partial charge is 0.159 e. The molecule has 1 rings (SSSR count). The lowest BCUT2D eigenvalue weighted by Crippen LogP contribution is -2.05. The maximum absolute atomic E-state index is 5.97. The van der Waals surface area contributed by atoms with Crippen molar-refractivity contribution in [3.8, 4) is 5.75 Å². The summed E-state index contributed by atoms with van der Waals surface area (Å²) in [4.78, 5) is 0. The van der Waals surface area contributed by atoms with Crippen LogP contribution in [-0.4, -0.2) is 6.61 Å². The lowest BCUT2D eigenvalue weighted by Gasteiger charge is -2.14. The van der Waals surface area contributed by atoms with Crippen LogP contribution in [0, 0.1) is 5.92 Å². The van der Waals surface area contributed by atoms with E-state index in [1.165, 1.54) is 0 Å². The molecule has 16 heavy (non-hydrogen) atoms. The fraction of sp³-hybridized carbons (Fsp3) is 0.400. The van der Waals surface area contributed by atoms with Crippen molar-refractivity contribution < 1.29 is 4.74 Å². The van der Waals surface area contributed by atoms with Gasteiger partial charge in [-0.05, 0) is 5.92 Å². The minimum absolute atomic E-state index is 0.134. The Kier molecular flexibility index (Phi) is 5.34. The minimum atomic E-state index is 0.134. The van der Waals surface area contributed by atoms with Crippen LogP contribution in [-0.2, 0) is 0 Å². The van der Waals surface area contributed by atoms with Crippen molar-refractivity contribution in [2.24, 2.45) is 5.92 Å². The molecule has 0 amide bonds. The van der Waals surface area contributed by atoms with Gasteiger partial charge < -0.3 is 4.74 Å². The Hall–Kier alpha value is 0.470. The number of ether oxygens (including phenoxy) is 1. The van der Waals surface area contributed by atoms with E-state index in [9.17, 15) is 0 Å². The van der Waals surface area contributed by atoms with E-state index in [0.717, 1.165) is 0 Å². The standard InChI is InChI=1S/C10H9Cl5O/c1-4(2)3-16-10-8(14)6(12)5(11)7(13)9(10)15/h4H,3H2,1-2H3. The summed E-state index contributed by atoms with van der Waals surface area (Å²) in [6.45, 7) is 4.47. The van der Waals surface area contributed by atoms with Gasteiger partial charge in [0, 0.05) is 0 Å². The van der Waals surface area contributed by atoms with Crippen LogP contribution in [0.25, 0.3) is 0 Å². The van der Waals surface area contributed by atoms with E-state index >= 15 is 0 Å². The Bertz CT molecular complexity index is 374. The molecule has 0 aromatic heterocycles. The largest absolute Gasteiger partial charge is 0.490 e. The highest BCUT2D eigenvalue weighted by atomic mass is 35.5. The molecule has 0 aliphatic rings. The van der Waals surface area contributed by atoms with Crippen molar-refractivity contribution in [3.05, 3.63) is 25.1 Å². The van der Waals surface area contributed by atoms with Gasteiger partial charge in [-0.2, -0.15) is 0 Å². The van der Waals surface area contributed by atoms with E-state index in [2.05, 4.69) is 0 Å². The average Bonchev–Trinajstić information content (AvgIpc) is 2.23. The predicted octanol–water partition coefficient (Wildman–Crippen LogP) is 5.99. The maximum Gasteiger partial charge on any atom is 0.159 e. The maximum atomic E-state index is 5.97. The summed E-state index contributed by atoms with van der Waals surface area (Å²) in [5, 5.41) is 0.798. The Morgan fingerprint density at radius 2 is 1.19 bits per heavy atom. The number of rotatable bonds is 3. The van der Waals surface area contributed by atoms with Crippen LogP contribution in [0.3, 0.4) is 0 Å². The molecule has 0 saturated carbocycles. The van der Waals surface area contributed by atoms with Gasteiger partial charge in [-0.1, -0.05) is 71.9 Å². The summed E-state index contributed by atoms with van der Waals surface area (Å²) in [5.41, 5.74) is 0. The second-order valence-electron chi connectivity index (χ2n) is 3.60. The van der Waals surface area contributed by atoms with E-state index in [-0.39, 0.29) is 30.9 Å². The second kappa shape index (κ2) is 5.88. The van der Waals surface area contributed by atoms with Gasteiger partial charge in [0.2, 0.25) is 0 Å². The number of hydrogen-bond acceptors (Lipinski definition) is 1. The van der Waals surface area contributed by atoms with Crippen molar-refractivity contribution in [2.45, 2.75) is 13.8 Å². The summed E-state index contributed by atoms with van der Waals surface area (Å²) in [5.74, 6) is 0.608. The number of benzene rings is 1. The third-order valence-electron chi connectivity index (χ3n) is 1.73. The third-order valence-corrected chi connectivity index (χ3v) is 3.97. The molecule has 0 aliphatic heterocycles. The zero-order chi connectivity index (χ0) is 12.5. The molecule has 0 unspecified atom stereocenters. The SMILES string of the molecule is CC(C)COc1c(Cl)c(Cl)c(Cl)c(Cl)c1Cl. The Morgan fingerprint density at radius 1 is 0.812 bits per heavy atom. The van der Waals surface area contributed by atoms with Gasteiger partial charge in [0.05, 0.1) is 21.7 Å². The van der Waals surface area contributed by atoms with Gasteiger partial charge in [0.1, 0.15) is 10.0 Å². The van der Waals surface area contributed by atoms with Crippen molar-refractivity contribution in [2.75, 3.05) is 6.61 Å². The molecule has 1 nitrogen and oxygen atoms in total. The van der Waals surface area contributed by atoms with Crippen molar-refractivity contribution in [1.82, 2.24) is 0 Å². The highest BCUT2D eigenvalue weighted by molar-refractivity contribution is 6.55. The summed E-state index contributed by atoms with van der Waals surface area (Å²) < 4.78 is 5.45. The molecule has 0 spiro atoms. The molecule has 90 valence electrons. The second-order valence-corrected chi connectivity index (χ2v) is 5.49. The van der Waals surface area contributed by atoms with Crippen molar-refractivity contribution in [1.29, 1.82) is 0 Å². The fourth-order valence-electron chi connectivity index (χ4n) is 0.961. The van der Waals surface area contributed by atoms with E-state index in [1.807, 2.05) is 13.8 Å². The Balaban J connectivity index is 3.18. The normalized spacial score (nSPS) is 11.0. The lowest BCUT2D eigenvalue weighted by atomic mass is 10.2. The van der Waals surface area contributed by atoms with Crippen LogP contribution in [0.15, 0.2) is 0 Å². The topological polar surface area (TPSA) is 9.23 Å². The van der Waals surface area contributed by atoms with Crippen LogP contribution in [0.2, 0.25) is 25.1 Å². The lowest BCUT2D eigenvalue weighted by molar-refractivity contribution is 0.271. The minimum Gasteiger partial charge on any atom is -0.490 e. The molecular weight excluding hydrogens is 313 g/mol. The first-order chi connectivity index (χ1) is 7.36. The van der Waals surface area contributed by atoms with Gasteiger partial charge in [-0.25, -0.2) is 0 Å². The first-order valence-corrected chi connectivity index (χ1v) is 6.39. The van der Waals surface area contributed by atoms with Gasteiger partial charge in [0.15, 0.2) is 5.75 Å². The predicted molar refractivity (Wildman–Crippen MR) is 71.8 cm³/mol. The zero-order valence-electron chi connectivity index (χ0n) is 8.58. The summed E-state index contributed by atoms with van der Waals surface area (Å²) >= 11 is 29.6. The first-order valence-electron chi connectivity index (χ1n) is 4.50. The summed E-state index contributed by atoms with van der Waals surface area (Å²) in [6, 6.07) is 0. The number of halogens is 5. The van der Waals surface area contributed by atoms with Crippen LogP contribution in [0.5, 0.6) is 5.75 Å². The van der Waals surface area contributed by atoms with Crippen LogP contribution < -0.4 is 4.74 Å². The van der Waals surface area contributed by atoms with Gasteiger partial charge in [-0.3, -0.25) is 0 Å². The van der Waals surface area contributed by atoms with E-state index in [4.69, 9.17) is 62.7 Å². The highest BCUT2D eigenvalue weighted by Crippen LogP contribution is 2.48. The van der Waals surface area contributed by atoms with Crippen LogP contribution >= 0.6 is 58.0 Å². The van der Waals surface area contributed by atoms with Crippen molar-refractivity contribution in [3.63, 3.8) is 0 Å². The quantitative estimate of drug-likeness (QED) is 0.491. The van der Waals surface area contributed by atoms with E-state index in [0.29, 0.717) is 12.5 Å². The molecule has 0 radical (unpaired) electrons. The average molecular weight is 322 g/mol. The molecule has 0 aliphatic carbocycles. The van der Waals surface area contributed by atoms with E-state index in [1.54, 1.807) is 0 Å². The molecule has 1 aromatic carbocycles. The molecule has 0 atom stereocenters. The van der Waals surface area contributed by atoms with Crippen LogP contribution in [0.1, 0.15) is 13.8 Å². The molecule has 0 bridgehead atoms. The summed E-state index contributed by atoms with van der Waals surface area (Å²) in [7, 11) is 0. The van der Waals surface area contributed by atoms with E-state index < -0.39 is 0 Å². The Morgan fingerprint density at radius 3 is 1.56 bits per heavy atom. The molecule has 0 saturated heterocycles. The molecule has 1 aromatic rings. The summed E-state index contributed by atoms with van der Waals surface area (Å²) in [6.07, 6.45) is 0. The first kappa shape index (κ1) is 14.5. The number of hydrogen-bond donors (Lipinski definition) is 0. The zero-order valence-corrected chi connectivity index (χ0v) is 12.4. The van der Waals surface area contributed by atoms with Gasteiger partial charge in [0.25, 0.3) is 0 Å². The van der Waals surface area contributed by atoms with Crippen LogP contribution in [0.4, 0.5) is 0 Å². The fourth-order valence-corrected chi connectivity index (χ4v) is 2.19.